The van der Waals surface area contributed by atoms with E-state index in [0.717, 1.165) is 6.42 Å². The van der Waals surface area contributed by atoms with Gasteiger partial charge in [0.2, 0.25) is 0 Å². The number of rotatable bonds is 3. The Balaban J connectivity index is 3.73. The molecule has 0 heterocycles. The number of hydrogen-bond acceptors (Lipinski definition) is 0. The third-order valence-electron chi connectivity index (χ3n) is 1.50. The second kappa shape index (κ2) is 4.12. The maximum atomic E-state index is 5.95. The quantitative estimate of drug-likeness (QED) is 0.442. The molecule has 0 spiro atoms. The second-order valence-corrected chi connectivity index (χ2v) is 6.18. The molecule has 0 aromatic carbocycles. The standard InChI is InChI=1S/C7H15ClSi/c1-5-7(8)6(2)9(3)4/h7,9H,2,5H2,1,3-4H3. The summed E-state index contributed by atoms with van der Waals surface area (Å²) in [5.41, 5.74) is 0. The maximum absolute atomic E-state index is 5.95. The highest BCUT2D eigenvalue weighted by molar-refractivity contribution is 6.65. The van der Waals surface area contributed by atoms with Crippen LogP contribution in [0.5, 0.6) is 0 Å². The molecule has 0 fully saturated rings. The van der Waals surface area contributed by atoms with Gasteiger partial charge in [0.15, 0.2) is 0 Å². The molecule has 0 aliphatic rings. The lowest BCUT2D eigenvalue weighted by Gasteiger charge is -2.12. The summed E-state index contributed by atoms with van der Waals surface area (Å²) in [5, 5.41) is 1.52. The Kier molecular flexibility index (Phi) is 4.24. The Morgan fingerprint density at radius 3 is 2.22 bits per heavy atom. The Labute approximate surface area is 64.5 Å². The van der Waals surface area contributed by atoms with Crippen LogP contribution in [-0.2, 0) is 0 Å². The molecule has 1 unspecified atom stereocenters. The first-order valence-electron chi connectivity index (χ1n) is 3.42. The van der Waals surface area contributed by atoms with E-state index in [1.165, 1.54) is 5.20 Å². The van der Waals surface area contributed by atoms with Crippen molar-refractivity contribution < 1.29 is 0 Å². The molecule has 0 N–H and O–H groups in total. The third-order valence-corrected chi connectivity index (χ3v) is 4.19. The molecular weight excluding hydrogens is 148 g/mol. The zero-order valence-corrected chi connectivity index (χ0v) is 8.36. The van der Waals surface area contributed by atoms with Crippen molar-refractivity contribution in [3.8, 4) is 0 Å². The van der Waals surface area contributed by atoms with Gasteiger partial charge in [-0.3, -0.25) is 0 Å². The van der Waals surface area contributed by atoms with E-state index in [9.17, 15) is 0 Å². The molecule has 0 aliphatic heterocycles. The van der Waals surface area contributed by atoms with E-state index in [0.29, 0.717) is 0 Å². The minimum atomic E-state index is -0.667. The topological polar surface area (TPSA) is 0 Å². The van der Waals surface area contributed by atoms with Crippen LogP contribution < -0.4 is 0 Å². The van der Waals surface area contributed by atoms with Crippen molar-refractivity contribution in [2.45, 2.75) is 31.8 Å². The highest BCUT2D eigenvalue weighted by atomic mass is 35.5. The van der Waals surface area contributed by atoms with Crippen LogP contribution in [0.3, 0.4) is 0 Å². The smallest absolute Gasteiger partial charge is 0.0607 e. The van der Waals surface area contributed by atoms with E-state index in [4.69, 9.17) is 11.6 Å². The monoisotopic (exact) mass is 162 g/mol. The van der Waals surface area contributed by atoms with Gasteiger partial charge in [0, 0.05) is 0 Å². The van der Waals surface area contributed by atoms with Gasteiger partial charge >= 0.3 is 0 Å². The normalized spacial score (nSPS) is 13.9. The lowest BCUT2D eigenvalue weighted by Crippen LogP contribution is -2.13. The first-order valence-corrected chi connectivity index (χ1v) is 6.74. The molecule has 0 saturated heterocycles. The number of allylic oxidation sites excluding steroid dienone is 1. The average Bonchev–Trinajstić information content (AvgIpc) is 1.84. The summed E-state index contributed by atoms with van der Waals surface area (Å²) >= 11 is 5.95. The predicted octanol–water partition coefficient (Wildman–Crippen LogP) is 2.59. The van der Waals surface area contributed by atoms with Crippen molar-refractivity contribution in [2.24, 2.45) is 0 Å². The fourth-order valence-corrected chi connectivity index (χ4v) is 2.34. The van der Waals surface area contributed by atoms with Crippen LogP contribution in [-0.4, -0.2) is 14.2 Å². The molecule has 1 atom stereocenters. The fraction of sp³-hybridized carbons (Fsp3) is 0.714. The molecule has 54 valence electrons. The molecule has 0 nitrogen and oxygen atoms in total. The summed E-state index contributed by atoms with van der Waals surface area (Å²) in [6, 6.07) is 0. The van der Waals surface area contributed by atoms with E-state index in [2.05, 4.69) is 26.6 Å². The van der Waals surface area contributed by atoms with Crippen LogP contribution in [0.15, 0.2) is 11.8 Å². The molecule has 9 heavy (non-hydrogen) atoms. The Morgan fingerprint density at radius 2 is 2.11 bits per heavy atom. The van der Waals surface area contributed by atoms with E-state index < -0.39 is 8.80 Å². The molecular formula is C7H15ClSi. The van der Waals surface area contributed by atoms with E-state index in [1.807, 2.05) is 0 Å². The molecule has 2 heteroatoms. The van der Waals surface area contributed by atoms with Crippen LogP contribution >= 0.6 is 11.6 Å². The maximum Gasteiger partial charge on any atom is 0.0607 e. The van der Waals surface area contributed by atoms with Crippen LogP contribution in [0.25, 0.3) is 0 Å². The molecule has 0 aromatic heterocycles. The zero-order chi connectivity index (χ0) is 7.44. The Hall–Kier alpha value is 0.247. The summed E-state index contributed by atoms with van der Waals surface area (Å²) in [7, 11) is -0.667. The van der Waals surface area contributed by atoms with Gasteiger partial charge in [-0.15, -0.1) is 18.2 Å². The van der Waals surface area contributed by atoms with Gasteiger partial charge in [0.05, 0.1) is 14.2 Å². The number of alkyl halides is 1. The summed E-state index contributed by atoms with van der Waals surface area (Å²) in [5.74, 6) is 0. The molecule has 0 aliphatic carbocycles. The van der Waals surface area contributed by atoms with Gasteiger partial charge in [0.25, 0.3) is 0 Å². The molecule has 0 saturated carbocycles. The number of hydrogen-bond donors (Lipinski definition) is 0. The highest BCUT2D eigenvalue weighted by Crippen LogP contribution is 2.13. The molecule has 0 aromatic rings. The Bertz CT molecular complexity index is 99.1. The Morgan fingerprint density at radius 1 is 1.67 bits per heavy atom. The summed E-state index contributed by atoms with van der Waals surface area (Å²) < 4.78 is 0. The van der Waals surface area contributed by atoms with Crippen molar-refractivity contribution >= 4 is 20.4 Å². The summed E-state index contributed by atoms with van der Waals surface area (Å²) in [6.45, 7) is 10.6. The van der Waals surface area contributed by atoms with Gasteiger partial charge in [-0.05, 0) is 6.42 Å². The predicted molar refractivity (Wildman–Crippen MR) is 47.9 cm³/mol. The molecule has 0 amide bonds. The lowest BCUT2D eigenvalue weighted by molar-refractivity contribution is 0.951. The molecule has 0 radical (unpaired) electrons. The first kappa shape index (κ1) is 9.25. The van der Waals surface area contributed by atoms with Crippen molar-refractivity contribution in [2.75, 3.05) is 0 Å². The van der Waals surface area contributed by atoms with Crippen molar-refractivity contribution in [1.82, 2.24) is 0 Å². The first-order chi connectivity index (χ1) is 4.09. The largest absolute Gasteiger partial charge is 0.119 e. The van der Waals surface area contributed by atoms with Gasteiger partial charge in [-0.1, -0.05) is 25.2 Å². The fourth-order valence-electron chi connectivity index (χ4n) is 0.624. The van der Waals surface area contributed by atoms with Crippen LogP contribution in [0.1, 0.15) is 13.3 Å². The van der Waals surface area contributed by atoms with Crippen LogP contribution in [0, 0.1) is 0 Å². The van der Waals surface area contributed by atoms with Gasteiger partial charge in [-0.2, -0.15) is 0 Å². The lowest BCUT2D eigenvalue weighted by atomic mass is 10.3. The SMILES string of the molecule is C=C(C(Cl)CC)[SiH](C)C. The molecule has 0 bridgehead atoms. The summed E-state index contributed by atoms with van der Waals surface area (Å²) in [4.78, 5) is 0. The van der Waals surface area contributed by atoms with E-state index in [1.54, 1.807) is 0 Å². The average molecular weight is 163 g/mol. The van der Waals surface area contributed by atoms with Crippen molar-refractivity contribution in [3.05, 3.63) is 11.8 Å². The van der Waals surface area contributed by atoms with Gasteiger partial charge in [-0.25, -0.2) is 0 Å². The van der Waals surface area contributed by atoms with E-state index >= 15 is 0 Å². The summed E-state index contributed by atoms with van der Waals surface area (Å²) in [6.07, 6.45) is 1.02. The third kappa shape index (κ3) is 3.07. The van der Waals surface area contributed by atoms with Crippen molar-refractivity contribution in [1.29, 1.82) is 0 Å². The van der Waals surface area contributed by atoms with Gasteiger partial charge in [0.1, 0.15) is 0 Å². The second-order valence-electron chi connectivity index (χ2n) is 2.61. The van der Waals surface area contributed by atoms with Crippen LogP contribution in [0.2, 0.25) is 13.1 Å². The zero-order valence-electron chi connectivity index (χ0n) is 6.45. The van der Waals surface area contributed by atoms with E-state index in [-0.39, 0.29) is 5.38 Å². The van der Waals surface area contributed by atoms with Crippen LogP contribution in [0.4, 0.5) is 0 Å². The minimum absolute atomic E-state index is 0.233. The molecule has 0 rings (SSSR count). The number of halogens is 1. The van der Waals surface area contributed by atoms with Gasteiger partial charge < -0.3 is 0 Å². The minimum Gasteiger partial charge on any atom is -0.119 e. The highest BCUT2D eigenvalue weighted by Gasteiger charge is 2.09. The van der Waals surface area contributed by atoms with Crippen molar-refractivity contribution in [3.63, 3.8) is 0 Å².